The molecule has 0 saturated carbocycles. The number of H-pyrrole nitrogens is 1. The number of benzene rings is 2. The normalized spacial score (nSPS) is 19.9. The standard InChI is InChI=1S/C26H30N2O7/c1-17-13-28(26(30)27-25(17)29)24-12-22(33-14-18-4-8-20(31-2)9-5-18)23(16-35-24)34-15-19-6-10-21(32-3)11-7-19/h4-11,13,22-24H,12,14-16H2,1-3H3,(H,27,29,30). The third-order valence-electron chi connectivity index (χ3n) is 6.00. The first-order valence-electron chi connectivity index (χ1n) is 11.4. The molecule has 2 aromatic carbocycles. The Hall–Kier alpha value is -3.40. The first-order chi connectivity index (χ1) is 17.0. The van der Waals surface area contributed by atoms with Crippen molar-refractivity contribution in [3.63, 3.8) is 0 Å². The lowest BCUT2D eigenvalue weighted by Gasteiger charge is -2.36. The Kier molecular flexibility index (Phi) is 8.02. The van der Waals surface area contributed by atoms with Gasteiger partial charge in [-0.05, 0) is 42.3 Å². The first-order valence-corrected chi connectivity index (χ1v) is 11.4. The van der Waals surface area contributed by atoms with Gasteiger partial charge in [-0.2, -0.15) is 0 Å². The highest BCUT2D eigenvalue weighted by molar-refractivity contribution is 5.27. The molecule has 9 heteroatoms. The van der Waals surface area contributed by atoms with Crippen LogP contribution in [0.4, 0.5) is 0 Å². The van der Waals surface area contributed by atoms with Gasteiger partial charge in [0.2, 0.25) is 0 Å². The molecule has 35 heavy (non-hydrogen) atoms. The molecular weight excluding hydrogens is 452 g/mol. The molecule has 1 aliphatic heterocycles. The van der Waals surface area contributed by atoms with Crippen LogP contribution in [0.1, 0.15) is 29.3 Å². The largest absolute Gasteiger partial charge is 0.497 e. The molecule has 1 fully saturated rings. The van der Waals surface area contributed by atoms with Gasteiger partial charge < -0.3 is 23.7 Å². The Morgan fingerprint density at radius 1 is 0.886 bits per heavy atom. The molecule has 1 aromatic heterocycles. The van der Waals surface area contributed by atoms with Gasteiger partial charge in [-0.25, -0.2) is 4.79 Å². The van der Waals surface area contributed by atoms with Crippen molar-refractivity contribution >= 4 is 0 Å². The molecule has 0 spiro atoms. The van der Waals surface area contributed by atoms with Crippen LogP contribution in [0, 0.1) is 6.92 Å². The Balaban J connectivity index is 1.48. The molecule has 3 unspecified atom stereocenters. The number of aromatic nitrogens is 2. The third kappa shape index (κ3) is 6.19. The topological polar surface area (TPSA) is 101 Å². The second-order valence-corrected chi connectivity index (χ2v) is 8.40. The van der Waals surface area contributed by atoms with Gasteiger partial charge in [0, 0.05) is 18.2 Å². The molecule has 0 amide bonds. The maximum atomic E-state index is 12.4. The Bertz CT molecular complexity index is 1220. The van der Waals surface area contributed by atoms with Gasteiger partial charge >= 0.3 is 5.69 Å². The fraction of sp³-hybridized carbons (Fsp3) is 0.385. The van der Waals surface area contributed by atoms with Crippen molar-refractivity contribution in [1.29, 1.82) is 0 Å². The lowest BCUT2D eigenvalue weighted by atomic mass is 10.1. The second kappa shape index (κ2) is 11.4. The van der Waals surface area contributed by atoms with Crippen molar-refractivity contribution in [2.45, 2.75) is 45.0 Å². The van der Waals surface area contributed by atoms with E-state index in [-0.39, 0.29) is 18.8 Å². The highest BCUT2D eigenvalue weighted by atomic mass is 16.6. The molecule has 0 bridgehead atoms. The average Bonchev–Trinajstić information content (AvgIpc) is 2.89. The van der Waals surface area contributed by atoms with Crippen LogP contribution in [0.5, 0.6) is 11.5 Å². The Morgan fingerprint density at radius 2 is 1.43 bits per heavy atom. The van der Waals surface area contributed by atoms with E-state index in [2.05, 4.69) is 4.98 Å². The van der Waals surface area contributed by atoms with Crippen molar-refractivity contribution in [2.75, 3.05) is 20.8 Å². The zero-order chi connectivity index (χ0) is 24.8. The van der Waals surface area contributed by atoms with E-state index < -0.39 is 17.5 Å². The fourth-order valence-electron chi connectivity index (χ4n) is 3.91. The van der Waals surface area contributed by atoms with Crippen LogP contribution in [0.3, 0.4) is 0 Å². The molecule has 4 rings (SSSR count). The van der Waals surface area contributed by atoms with E-state index in [0.717, 1.165) is 22.6 Å². The van der Waals surface area contributed by atoms with E-state index in [1.807, 2.05) is 48.5 Å². The third-order valence-corrected chi connectivity index (χ3v) is 6.00. The lowest BCUT2D eigenvalue weighted by molar-refractivity contribution is -0.188. The Labute approximate surface area is 203 Å². The lowest BCUT2D eigenvalue weighted by Crippen LogP contribution is -2.45. The minimum absolute atomic E-state index is 0.235. The van der Waals surface area contributed by atoms with Gasteiger partial charge in [0.25, 0.3) is 5.56 Å². The summed E-state index contributed by atoms with van der Waals surface area (Å²) in [7, 11) is 3.25. The summed E-state index contributed by atoms with van der Waals surface area (Å²) in [6.45, 7) is 2.63. The quantitative estimate of drug-likeness (QED) is 0.500. The Morgan fingerprint density at radius 3 is 1.97 bits per heavy atom. The summed E-state index contributed by atoms with van der Waals surface area (Å²) in [5.41, 5.74) is 1.49. The number of aryl methyl sites for hydroxylation is 1. The van der Waals surface area contributed by atoms with Gasteiger partial charge in [-0.3, -0.25) is 14.3 Å². The van der Waals surface area contributed by atoms with E-state index >= 15 is 0 Å². The molecule has 186 valence electrons. The zero-order valence-corrected chi connectivity index (χ0v) is 20.1. The van der Waals surface area contributed by atoms with E-state index in [0.29, 0.717) is 25.2 Å². The number of nitrogens with one attached hydrogen (secondary N) is 1. The molecule has 3 aromatic rings. The molecular formula is C26H30N2O7. The predicted molar refractivity (Wildman–Crippen MR) is 129 cm³/mol. The van der Waals surface area contributed by atoms with Crippen LogP contribution in [-0.4, -0.2) is 42.6 Å². The van der Waals surface area contributed by atoms with E-state index in [9.17, 15) is 9.59 Å². The van der Waals surface area contributed by atoms with Crippen LogP contribution < -0.4 is 20.7 Å². The minimum Gasteiger partial charge on any atom is -0.497 e. The summed E-state index contributed by atoms with van der Waals surface area (Å²) >= 11 is 0. The van der Waals surface area contributed by atoms with Gasteiger partial charge in [-0.1, -0.05) is 24.3 Å². The molecule has 0 radical (unpaired) electrons. The number of aromatic amines is 1. The number of methoxy groups -OCH3 is 2. The van der Waals surface area contributed by atoms with Crippen LogP contribution in [0.15, 0.2) is 64.3 Å². The van der Waals surface area contributed by atoms with Crippen molar-refractivity contribution in [2.24, 2.45) is 0 Å². The van der Waals surface area contributed by atoms with E-state index in [1.54, 1.807) is 21.1 Å². The van der Waals surface area contributed by atoms with E-state index in [1.165, 1.54) is 10.8 Å². The van der Waals surface area contributed by atoms with Gasteiger partial charge in [-0.15, -0.1) is 0 Å². The molecule has 1 saturated heterocycles. The monoisotopic (exact) mass is 482 g/mol. The molecule has 2 heterocycles. The fourth-order valence-corrected chi connectivity index (χ4v) is 3.91. The summed E-state index contributed by atoms with van der Waals surface area (Å²) in [6.07, 6.45) is 0.638. The van der Waals surface area contributed by atoms with Crippen LogP contribution in [0.2, 0.25) is 0 Å². The molecule has 0 aliphatic carbocycles. The number of rotatable bonds is 9. The highest BCUT2D eigenvalue weighted by Crippen LogP contribution is 2.28. The van der Waals surface area contributed by atoms with Crippen LogP contribution in [0.25, 0.3) is 0 Å². The van der Waals surface area contributed by atoms with Crippen molar-refractivity contribution < 1.29 is 23.7 Å². The van der Waals surface area contributed by atoms with Gasteiger partial charge in [0.05, 0.1) is 40.1 Å². The molecule has 9 nitrogen and oxygen atoms in total. The van der Waals surface area contributed by atoms with E-state index in [4.69, 9.17) is 23.7 Å². The van der Waals surface area contributed by atoms with Crippen molar-refractivity contribution in [1.82, 2.24) is 9.55 Å². The molecule has 3 atom stereocenters. The molecule has 1 aliphatic rings. The number of ether oxygens (including phenoxy) is 5. The maximum Gasteiger partial charge on any atom is 0.330 e. The predicted octanol–water partition coefficient (Wildman–Crippen LogP) is 2.95. The SMILES string of the molecule is COc1ccc(COC2COC(n3cc(C)c(=O)[nH]c3=O)CC2OCc2ccc(OC)cc2)cc1. The van der Waals surface area contributed by atoms with Crippen molar-refractivity contribution in [3.05, 3.63) is 92.3 Å². The molecule has 1 N–H and O–H groups in total. The van der Waals surface area contributed by atoms with Crippen LogP contribution in [-0.2, 0) is 27.4 Å². The summed E-state index contributed by atoms with van der Waals surface area (Å²) in [5.74, 6) is 1.55. The number of hydrogen-bond acceptors (Lipinski definition) is 7. The first kappa shape index (κ1) is 24.7. The number of hydrogen-bond donors (Lipinski definition) is 1. The summed E-state index contributed by atoms with van der Waals surface area (Å²) < 4.78 is 30.3. The summed E-state index contributed by atoms with van der Waals surface area (Å²) in [5, 5.41) is 0. The van der Waals surface area contributed by atoms with Gasteiger partial charge in [0.1, 0.15) is 23.8 Å². The van der Waals surface area contributed by atoms with Crippen LogP contribution >= 0.6 is 0 Å². The smallest absolute Gasteiger partial charge is 0.330 e. The summed E-state index contributed by atoms with van der Waals surface area (Å²) in [4.78, 5) is 26.5. The minimum atomic E-state index is -0.584. The maximum absolute atomic E-state index is 12.4. The summed E-state index contributed by atoms with van der Waals surface area (Å²) in [6, 6.07) is 15.3. The second-order valence-electron chi connectivity index (χ2n) is 8.40. The highest BCUT2D eigenvalue weighted by Gasteiger charge is 2.34. The number of nitrogens with zero attached hydrogens (tertiary/aromatic N) is 1. The average molecular weight is 483 g/mol. The van der Waals surface area contributed by atoms with Crippen molar-refractivity contribution in [3.8, 4) is 11.5 Å². The van der Waals surface area contributed by atoms with Gasteiger partial charge in [0.15, 0.2) is 0 Å². The zero-order valence-electron chi connectivity index (χ0n) is 20.1.